The molecule has 0 spiro atoms. The van der Waals surface area contributed by atoms with Gasteiger partial charge < -0.3 is 9.67 Å². The van der Waals surface area contributed by atoms with Crippen LogP contribution in [0.1, 0.15) is 0 Å². The van der Waals surface area contributed by atoms with Gasteiger partial charge in [0.05, 0.1) is 0 Å². The SMILES string of the molecule is Cn1c(Br)nc2c1c(=O)n(CC(=O)O)c(=O)n2C. The third-order valence-corrected chi connectivity index (χ3v) is 3.31. The molecule has 0 aliphatic heterocycles. The van der Waals surface area contributed by atoms with Crippen LogP contribution in [0.15, 0.2) is 14.3 Å². The summed E-state index contributed by atoms with van der Waals surface area (Å²) in [7, 11) is 3.03. The molecule has 2 aromatic rings. The molecule has 0 saturated heterocycles. The van der Waals surface area contributed by atoms with Crippen LogP contribution >= 0.6 is 15.9 Å². The second-order valence-corrected chi connectivity index (χ2v) is 4.45. The first kappa shape index (κ1) is 12.6. The third-order valence-electron chi connectivity index (χ3n) is 2.60. The molecular weight excluding hydrogens is 308 g/mol. The zero-order valence-electron chi connectivity index (χ0n) is 9.55. The van der Waals surface area contributed by atoms with Gasteiger partial charge in [0, 0.05) is 14.1 Å². The first-order chi connectivity index (χ1) is 8.34. The number of carboxylic acid groups (broad SMARTS) is 1. The van der Waals surface area contributed by atoms with Crippen molar-refractivity contribution in [1.29, 1.82) is 0 Å². The second kappa shape index (κ2) is 4.09. The first-order valence-corrected chi connectivity index (χ1v) is 5.67. The lowest BCUT2D eigenvalue weighted by Crippen LogP contribution is -2.41. The lowest BCUT2D eigenvalue weighted by Gasteiger charge is -2.05. The van der Waals surface area contributed by atoms with Crippen LogP contribution in [0.2, 0.25) is 0 Å². The third kappa shape index (κ3) is 1.67. The Balaban J connectivity index is 2.98. The summed E-state index contributed by atoms with van der Waals surface area (Å²) in [4.78, 5) is 38.6. The Bertz CT molecular complexity index is 769. The van der Waals surface area contributed by atoms with Gasteiger partial charge in [-0.25, -0.2) is 14.3 Å². The molecule has 0 unspecified atom stereocenters. The highest BCUT2D eigenvalue weighted by molar-refractivity contribution is 9.10. The predicted molar refractivity (Wildman–Crippen MR) is 65.6 cm³/mol. The topological polar surface area (TPSA) is 99.1 Å². The normalized spacial score (nSPS) is 11.1. The maximum atomic E-state index is 12.1. The summed E-state index contributed by atoms with van der Waals surface area (Å²) in [5.41, 5.74) is -0.997. The summed E-state index contributed by atoms with van der Waals surface area (Å²) >= 11 is 3.15. The number of carboxylic acids is 1. The van der Waals surface area contributed by atoms with Crippen LogP contribution in [-0.2, 0) is 25.4 Å². The fraction of sp³-hybridized carbons (Fsp3) is 0.333. The van der Waals surface area contributed by atoms with E-state index in [0.29, 0.717) is 9.30 Å². The number of halogens is 1. The molecule has 0 bridgehead atoms. The lowest BCUT2D eigenvalue weighted by molar-refractivity contribution is -0.137. The summed E-state index contributed by atoms with van der Waals surface area (Å²) in [6, 6.07) is 0. The summed E-state index contributed by atoms with van der Waals surface area (Å²) in [6.45, 7) is -0.676. The molecule has 2 heterocycles. The number of aromatic nitrogens is 4. The number of nitrogens with zero attached hydrogens (tertiary/aromatic N) is 4. The zero-order chi connectivity index (χ0) is 13.6. The number of hydrogen-bond donors (Lipinski definition) is 1. The number of carbonyl (C=O) groups is 1. The van der Waals surface area contributed by atoms with Gasteiger partial charge in [-0.15, -0.1) is 0 Å². The average Bonchev–Trinajstić information content (AvgIpc) is 2.59. The van der Waals surface area contributed by atoms with Gasteiger partial charge in [0.2, 0.25) is 0 Å². The van der Waals surface area contributed by atoms with Crippen LogP contribution in [0.3, 0.4) is 0 Å². The van der Waals surface area contributed by atoms with Gasteiger partial charge in [-0.2, -0.15) is 0 Å². The van der Waals surface area contributed by atoms with Crippen molar-refractivity contribution in [3.8, 4) is 0 Å². The molecule has 96 valence electrons. The van der Waals surface area contributed by atoms with E-state index in [2.05, 4.69) is 20.9 Å². The largest absolute Gasteiger partial charge is 0.480 e. The predicted octanol–water partition coefficient (Wildman–Crippen LogP) is -0.719. The van der Waals surface area contributed by atoms with E-state index < -0.39 is 23.8 Å². The molecule has 8 nitrogen and oxygen atoms in total. The fourth-order valence-corrected chi connectivity index (χ4v) is 2.04. The molecule has 2 aromatic heterocycles. The van der Waals surface area contributed by atoms with E-state index in [4.69, 9.17) is 5.11 Å². The maximum Gasteiger partial charge on any atom is 0.333 e. The Morgan fingerprint density at radius 1 is 1.33 bits per heavy atom. The smallest absolute Gasteiger partial charge is 0.333 e. The standard InChI is InChI=1S/C9H9BrN4O4/c1-12-5-6(11-8(12)10)13(2)9(18)14(7(5)17)3-4(15)16/h3H2,1-2H3,(H,15,16). The van der Waals surface area contributed by atoms with E-state index in [1.807, 2.05) is 0 Å². The Morgan fingerprint density at radius 2 is 1.94 bits per heavy atom. The highest BCUT2D eigenvalue weighted by Crippen LogP contribution is 2.13. The van der Waals surface area contributed by atoms with Crippen molar-refractivity contribution < 1.29 is 9.90 Å². The summed E-state index contributed by atoms with van der Waals surface area (Å²) in [6.07, 6.45) is 0. The molecule has 1 N–H and O–H groups in total. The number of aliphatic carboxylic acids is 1. The van der Waals surface area contributed by atoms with Gasteiger partial charge in [-0.3, -0.25) is 14.2 Å². The van der Waals surface area contributed by atoms with Crippen LogP contribution in [0.25, 0.3) is 11.2 Å². The molecule has 0 amide bonds. The Morgan fingerprint density at radius 3 is 2.50 bits per heavy atom. The molecule has 2 rings (SSSR count). The Hall–Kier alpha value is -1.90. The molecule has 18 heavy (non-hydrogen) atoms. The summed E-state index contributed by atoms with van der Waals surface area (Å²) in [5, 5.41) is 8.71. The molecule has 0 aromatic carbocycles. The van der Waals surface area contributed by atoms with Gasteiger partial charge in [-0.1, -0.05) is 0 Å². The van der Waals surface area contributed by atoms with Crippen LogP contribution in [0.4, 0.5) is 0 Å². The fourth-order valence-electron chi connectivity index (χ4n) is 1.69. The van der Waals surface area contributed by atoms with E-state index in [-0.39, 0.29) is 11.2 Å². The van der Waals surface area contributed by atoms with Gasteiger partial charge >= 0.3 is 11.7 Å². The highest BCUT2D eigenvalue weighted by Gasteiger charge is 2.18. The summed E-state index contributed by atoms with van der Waals surface area (Å²) in [5.74, 6) is -1.25. The van der Waals surface area contributed by atoms with E-state index in [1.54, 1.807) is 7.05 Å². The molecule has 9 heteroatoms. The molecule has 0 aliphatic rings. The van der Waals surface area contributed by atoms with Gasteiger partial charge in [0.15, 0.2) is 15.9 Å². The zero-order valence-corrected chi connectivity index (χ0v) is 11.1. The van der Waals surface area contributed by atoms with Crippen molar-refractivity contribution in [3.63, 3.8) is 0 Å². The van der Waals surface area contributed by atoms with E-state index in [1.165, 1.54) is 11.6 Å². The average molecular weight is 317 g/mol. The van der Waals surface area contributed by atoms with Crippen molar-refractivity contribution >= 4 is 33.1 Å². The minimum Gasteiger partial charge on any atom is -0.480 e. The van der Waals surface area contributed by atoms with Gasteiger partial charge in [0.25, 0.3) is 5.56 Å². The van der Waals surface area contributed by atoms with E-state index in [9.17, 15) is 14.4 Å². The maximum absolute atomic E-state index is 12.1. The quantitative estimate of drug-likeness (QED) is 0.737. The van der Waals surface area contributed by atoms with Crippen LogP contribution in [0.5, 0.6) is 0 Å². The van der Waals surface area contributed by atoms with Crippen LogP contribution in [0, 0.1) is 0 Å². The van der Waals surface area contributed by atoms with Crippen molar-refractivity contribution in [1.82, 2.24) is 18.7 Å². The number of fused-ring (bicyclic) bond motifs is 1. The minimum absolute atomic E-state index is 0.172. The molecular formula is C9H9BrN4O4. The summed E-state index contributed by atoms with van der Waals surface area (Å²) < 4.78 is 3.65. The van der Waals surface area contributed by atoms with Crippen molar-refractivity contribution in [2.24, 2.45) is 14.1 Å². The van der Waals surface area contributed by atoms with Crippen molar-refractivity contribution in [2.45, 2.75) is 6.54 Å². The Labute approximate surface area is 108 Å². The lowest BCUT2D eigenvalue weighted by atomic mass is 10.5. The number of hydrogen-bond acceptors (Lipinski definition) is 4. The van der Waals surface area contributed by atoms with Gasteiger partial charge in [0.1, 0.15) is 6.54 Å². The van der Waals surface area contributed by atoms with E-state index >= 15 is 0 Å². The number of rotatable bonds is 2. The minimum atomic E-state index is -1.25. The molecule has 0 saturated carbocycles. The monoisotopic (exact) mass is 316 g/mol. The van der Waals surface area contributed by atoms with Crippen molar-refractivity contribution in [2.75, 3.05) is 0 Å². The van der Waals surface area contributed by atoms with Crippen molar-refractivity contribution in [3.05, 3.63) is 25.6 Å². The molecule has 0 atom stereocenters. The number of aryl methyl sites for hydroxylation is 2. The van der Waals surface area contributed by atoms with Crippen LogP contribution in [-0.4, -0.2) is 29.8 Å². The highest BCUT2D eigenvalue weighted by atomic mass is 79.9. The van der Waals surface area contributed by atoms with E-state index in [0.717, 1.165) is 4.57 Å². The second-order valence-electron chi connectivity index (χ2n) is 3.74. The first-order valence-electron chi connectivity index (χ1n) is 4.88. The number of imidazole rings is 1. The van der Waals surface area contributed by atoms with Gasteiger partial charge in [-0.05, 0) is 15.9 Å². The molecule has 0 fully saturated rings. The Kier molecular flexibility index (Phi) is 2.85. The molecule has 0 aliphatic carbocycles. The molecule has 0 radical (unpaired) electrons. The van der Waals surface area contributed by atoms with Crippen LogP contribution < -0.4 is 11.2 Å².